The minimum Gasteiger partial charge on any atom is -0.335 e. The molecule has 2 aromatic carbocycles. The van der Waals surface area contributed by atoms with E-state index in [1.807, 2.05) is 53.2 Å². The van der Waals surface area contributed by atoms with Gasteiger partial charge in [0, 0.05) is 27.7 Å². The van der Waals surface area contributed by atoms with E-state index in [-0.39, 0.29) is 0 Å². The number of nitriles is 1. The van der Waals surface area contributed by atoms with Gasteiger partial charge in [0.25, 0.3) is 0 Å². The summed E-state index contributed by atoms with van der Waals surface area (Å²) in [6.45, 7) is 0.497. The summed E-state index contributed by atoms with van der Waals surface area (Å²) in [5, 5.41) is 11.2. The Hall–Kier alpha value is -2.94. The Kier molecular flexibility index (Phi) is 4.20. The SMILES string of the molecule is C#CCn1cc(/C=C(/C#N)c2ccc(Cl)cc2)c2ccccc21. The Labute approximate surface area is 140 Å². The van der Waals surface area contributed by atoms with Crippen molar-refractivity contribution in [1.82, 2.24) is 4.57 Å². The zero-order valence-corrected chi connectivity index (χ0v) is 13.1. The lowest BCUT2D eigenvalue weighted by molar-refractivity contribution is 0.886. The molecule has 0 saturated heterocycles. The lowest BCUT2D eigenvalue weighted by atomic mass is 10.0. The summed E-state index contributed by atoms with van der Waals surface area (Å²) in [5.74, 6) is 2.66. The molecule has 0 saturated carbocycles. The van der Waals surface area contributed by atoms with Crippen molar-refractivity contribution in [3.05, 3.63) is 70.9 Å². The highest BCUT2D eigenvalue weighted by Gasteiger charge is 2.08. The topological polar surface area (TPSA) is 28.7 Å². The van der Waals surface area contributed by atoms with Crippen molar-refractivity contribution in [2.45, 2.75) is 6.54 Å². The molecule has 0 aliphatic carbocycles. The maximum atomic E-state index is 9.50. The largest absolute Gasteiger partial charge is 0.335 e. The van der Waals surface area contributed by atoms with E-state index in [0.29, 0.717) is 17.1 Å². The third-order valence-corrected chi connectivity index (χ3v) is 3.91. The first-order valence-corrected chi connectivity index (χ1v) is 7.50. The van der Waals surface area contributed by atoms with Crippen LogP contribution in [0.25, 0.3) is 22.6 Å². The minimum atomic E-state index is 0.497. The van der Waals surface area contributed by atoms with Crippen LogP contribution in [0.4, 0.5) is 0 Å². The molecule has 3 rings (SSSR count). The first-order valence-electron chi connectivity index (χ1n) is 7.12. The summed E-state index contributed by atoms with van der Waals surface area (Å²) >= 11 is 5.91. The van der Waals surface area contributed by atoms with Crippen molar-refractivity contribution < 1.29 is 0 Å². The fourth-order valence-electron chi connectivity index (χ4n) is 2.58. The molecule has 110 valence electrons. The zero-order valence-electron chi connectivity index (χ0n) is 12.3. The van der Waals surface area contributed by atoms with E-state index in [1.165, 1.54) is 0 Å². The predicted molar refractivity (Wildman–Crippen MR) is 95.7 cm³/mol. The maximum Gasteiger partial charge on any atom is 0.0998 e. The second kappa shape index (κ2) is 6.44. The normalized spacial score (nSPS) is 11.2. The van der Waals surface area contributed by atoms with Crippen molar-refractivity contribution in [3.8, 4) is 18.4 Å². The molecule has 2 nitrogen and oxygen atoms in total. The third kappa shape index (κ3) is 2.99. The molecule has 0 bridgehead atoms. The second-order valence-corrected chi connectivity index (χ2v) is 5.55. The van der Waals surface area contributed by atoms with E-state index in [4.69, 9.17) is 18.0 Å². The number of benzene rings is 2. The van der Waals surface area contributed by atoms with Gasteiger partial charge in [-0.05, 0) is 29.8 Å². The fourth-order valence-corrected chi connectivity index (χ4v) is 2.71. The summed E-state index contributed by atoms with van der Waals surface area (Å²) in [4.78, 5) is 0. The van der Waals surface area contributed by atoms with Gasteiger partial charge in [0.15, 0.2) is 0 Å². The number of hydrogen-bond acceptors (Lipinski definition) is 1. The van der Waals surface area contributed by atoms with Crippen molar-refractivity contribution >= 4 is 34.2 Å². The molecule has 3 heteroatoms. The second-order valence-electron chi connectivity index (χ2n) is 5.11. The number of fused-ring (bicyclic) bond motifs is 1. The standard InChI is InChI=1S/C20H13ClN2/c1-2-11-23-14-17(19-5-3-4-6-20(19)23)12-16(13-22)15-7-9-18(21)10-8-15/h1,3-10,12,14H,11H2/b16-12-. The van der Waals surface area contributed by atoms with E-state index in [2.05, 4.69) is 12.0 Å². The molecule has 23 heavy (non-hydrogen) atoms. The lowest BCUT2D eigenvalue weighted by Crippen LogP contribution is -1.91. The van der Waals surface area contributed by atoms with Crippen molar-refractivity contribution in [3.63, 3.8) is 0 Å². The smallest absolute Gasteiger partial charge is 0.0998 e. The van der Waals surface area contributed by atoms with Crippen LogP contribution in [-0.2, 0) is 6.54 Å². The molecule has 1 heterocycles. The van der Waals surface area contributed by atoms with Crippen LogP contribution < -0.4 is 0 Å². The Morgan fingerprint density at radius 3 is 2.61 bits per heavy atom. The van der Waals surface area contributed by atoms with Crippen LogP contribution in [0.5, 0.6) is 0 Å². The number of aromatic nitrogens is 1. The maximum absolute atomic E-state index is 9.50. The molecular formula is C20H13ClN2. The summed E-state index contributed by atoms with van der Waals surface area (Å²) in [5.41, 5.74) is 3.46. The number of nitrogens with zero attached hydrogens (tertiary/aromatic N) is 2. The summed E-state index contributed by atoms with van der Waals surface area (Å²) in [7, 11) is 0. The monoisotopic (exact) mass is 316 g/mol. The number of terminal acetylenes is 1. The van der Waals surface area contributed by atoms with Crippen molar-refractivity contribution in [1.29, 1.82) is 5.26 Å². The number of hydrogen-bond donors (Lipinski definition) is 0. The third-order valence-electron chi connectivity index (χ3n) is 3.66. The van der Waals surface area contributed by atoms with Gasteiger partial charge in [0.2, 0.25) is 0 Å². The molecule has 0 amide bonds. The van der Waals surface area contributed by atoms with E-state index >= 15 is 0 Å². The first-order chi connectivity index (χ1) is 11.2. The average Bonchev–Trinajstić information content (AvgIpc) is 2.92. The minimum absolute atomic E-state index is 0.497. The van der Waals surface area contributed by atoms with Gasteiger partial charge in [-0.1, -0.05) is 47.9 Å². The van der Waals surface area contributed by atoms with Gasteiger partial charge in [-0.2, -0.15) is 5.26 Å². The molecule has 0 N–H and O–H groups in total. The fraction of sp³-hybridized carbons (Fsp3) is 0.0500. The van der Waals surface area contributed by atoms with Gasteiger partial charge in [-0.15, -0.1) is 6.42 Å². The van der Waals surface area contributed by atoms with Gasteiger partial charge in [-0.25, -0.2) is 0 Å². The highest BCUT2D eigenvalue weighted by atomic mass is 35.5. The Bertz CT molecular complexity index is 964. The number of allylic oxidation sites excluding steroid dienone is 1. The van der Waals surface area contributed by atoms with E-state index in [1.54, 1.807) is 12.1 Å². The molecular weight excluding hydrogens is 304 g/mol. The van der Waals surface area contributed by atoms with Gasteiger partial charge < -0.3 is 4.57 Å². The summed E-state index contributed by atoms with van der Waals surface area (Å²) in [6, 6.07) is 17.5. The van der Waals surface area contributed by atoms with Crippen LogP contribution in [0.2, 0.25) is 5.02 Å². The Morgan fingerprint density at radius 2 is 1.91 bits per heavy atom. The molecule has 0 unspecified atom stereocenters. The number of para-hydroxylation sites is 1. The molecule has 0 radical (unpaired) electrons. The quantitative estimate of drug-likeness (QED) is 0.494. The summed E-state index contributed by atoms with van der Waals surface area (Å²) < 4.78 is 2.01. The van der Waals surface area contributed by atoms with Crippen LogP contribution in [0.3, 0.4) is 0 Å². The van der Waals surface area contributed by atoms with Crippen LogP contribution in [0.1, 0.15) is 11.1 Å². The van der Waals surface area contributed by atoms with Gasteiger partial charge >= 0.3 is 0 Å². The van der Waals surface area contributed by atoms with Crippen LogP contribution in [0, 0.1) is 23.7 Å². The molecule has 0 atom stereocenters. The highest BCUT2D eigenvalue weighted by molar-refractivity contribution is 6.30. The highest BCUT2D eigenvalue weighted by Crippen LogP contribution is 2.26. The molecule has 0 spiro atoms. The van der Waals surface area contributed by atoms with E-state index in [0.717, 1.165) is 22.0 Å². The molecule has 0 fully saturated rings. The van der Waals surface area contributed by atoms with Gasteiger partial charge in [0.05, 0.1) is 18.2 Å². The lowest BCUT2D eigenvalue weighted by Gasteiger charge is -1.99. The molecule has 3 aromatic rings. The first kappa shape index (κ1) is 15.0. The molecule has 0 aliphatic heterocycles. The van der Waals surface area contributed by atoms with E-state index < -0.39 is 0 Å². The van der Waals surface area contributed by atoms with Crippen LogP contribution in [-0.4, -0.2) is 4.57 Å². The van der Waals surface area contributed by atoms with Crippen molar-refractivity contribution in [2.24, 2.45) is 0 Å². The predicted octanol–water partition coefficient (Wildman–Crippen LogP) is 4.99. The van der Waals surface area contributed by atoms with E-state index in [9.17, 15) is 5.26 Å². The summed E-state index contributed by atoms with van der Waals surface area (Å²) in [6.07, 6.45) is 9.31. The molecule has 1 aromatic heterocycles. The Morgan fingerprint density at radius 1 is 1.17 bits per heavy atom. The average molecular weight is 317 g/mol. The number of rotatable bonds is 3. The number of halogens is 1. The zero-order chi connectivity index (χ0) is 16.2. The van der Waals surface area contributed by atoms with Gasteiger partial charge in [-0.3, -0.25) is 0 Å². The van der Waals surface area contributed by atoms with Crippen LogP contribution in [0.15, 0.2) is 54.7 Å². The van der Waals surface area contributed by atoms with Crippen LogP contribution >= 0.6 is 11.6 Å². The van der Waals surface area contributed by atoms with Gasteiger partial charge in [0.1, 0.15) is 0 Å². The Balaban J connectivity index is 2.14. The molecule has 0 aliphatic rings. The van der Waals surface area contributed by atoms with Crippen molar-refractivity contribution in [2.75, 3.05) is 0 Å².